The Bertz CT molecular complexity index is 766. The summed E-state index contributed by atoms with van der Waals surface area (Å²) in [7, 11) is 0. The van der Waals surface area contributed by atoms with Crippen LogP contribution in [0.15, 0.2) is 43.0 Å². The van der Waals surface area contributed by atoms with E-state index in [9.17, 15) is 18.4 Å². The molecule has 1 aromatic rings. The number of ether oxygens (including phenoxy) is 1. The molecule has 0 saturated carbocycles. The van der Waals surface area contributed by atoms with E-state index < -0.39 is 18.5 Å². The Balaban J connectivity index is 2.11. The smallest absolute Gasteiger partial charge is 0.341 e. The van der Waals surface area contributed by atoms with Crippen LogP contribution in [0.1, 0.15) is 18.1 Å². The van der Waals surface area contributed by atoms with Crippen molar-refractivity contribution in [3.05, 3.63) is 54.1 Å². The standard InChI is InChI=1S/C20H24F2N2O4/c1-4-14(2)19(27)24-9-7-23(8-10-24)12-15-11-16(20(3,21)22)5-6-17(15)28-13-18(25)26/h4-6,11H,1-2,7-10,12-13H2,3H3,(H,25,26). The molecule has 1 heterocycles. The average Bonchev–Trinajstić information content (AvgIpc) is 2.65. The van der Waals surface area contributed by atoms with Gasteiger partial charge in [-0.25, -0.2) is 13.6 Å². The van der Waals surface area contributed by atoms with Crippen molar-refractivity contribution in [2.45, 2.75) is 19.4 Å². The van der Waals surface area contributed by atoms with E-state index in [-0.39, 0.29) is 17.2 Å². The van der Waals surface area contributed by atoms with Crippen molar-refractivity contribution in [2.75, 3.05) is 32.8 Å². The zero-order valence-corrected chi connectivity index (χ0v) is 15.8. The second-order valence-electron chi connectivity index (χ2n) is 6.69. The van der Waals surface area contributed by atoms with Gasteiger partial charge in [0, 0.05) is 56.3 Å². The Morgan fingerprint density at radius 2 is 1.93 bits per heavy atom. The summed E-state index contributed by atoms with van der Waals surface area (Å²) < 4.78 is 32.7. The number of benzene rings is 1. The van der Waals surface area contributed by atoms with Crippen molar-refractivity contribution in [1.29, 1.82) is 0 Å². The average molecular weight is 394 g/mol. The van der Waals surface area contributed by atoms with E-state index in [1.165, 1.54) is 24.3 Å². The molecule has 0 spiro atoms. The van der Waals surface area contributed by atoms with Crippen LogP contribution in [0.4, 0.5) is 8.78 Å². The lowest BCUT2D eigenvalue weighted by Gasteiger charge is -2.35. The fourth-order valence-electron chi connectivity index (χ4n) is 2.90. The lowest BCUT2D eigenvalue weighted by molar-refractivity contribution is -0.139. The number of piperazine rings is 1. The highest BCUT2D eigenvalue weighted by Crippen LogP contribution is 2.31. The Labute approximate surface area is 162 Å². The molecule has 1 amide bonds. The molecule has 0 bridgehead atoms. The number of carbonyl (C=O) groups excluding carboxylic acids is 1. The molecule has 1 fully saturated rings. The van der Waals surface area contributed by atoms with Gasteiger partial charge >= 0.3 is 5.97 Å². The van der Waals surface area contributed by atoms with E-state index in [1.54, 1.807) is 4.90 Å². The molecular formula is C20H24F2N2O4. The number of amides is 1. The molecule has 1 aliphatic rings. The van der Waals surface area contributed by atoms with Crippen LogP contribution in [0.5, 0.6) is 5.75 Å². The molecule has 0 aliphatic carbocycles. The maximum Gasteiger partial charge on any atom is 0.341 e. The van der Waals surface area contributed by atoms with Crippen LogP contribution in [0.2, 0.25) is 0 Å². The van der Waals surface area contributed by atoms with Crippen molar-refractivity contribution >= 4 is 11.9 Å². The van der Waals surface area contributed by atoms with Crippen LogP contribution in [0.3, 0.4) is 0 Å². The zero-order valence-electron chi connectivity index (χ0n) is 15.8. The summed E-state index contributed by atoms with van der Waals surface area (Å²) in [6.45, 7) is 9.79. The second-order valence-corrected chi connectivity index (χ2v) is 6.69. The van der Waals surface area contributed by atoms with Crippen LogP contribution >= 0.6 is 0 Å². The van der Waals surface area contributed by atoms with Gasteiger partial charge in [0.15, 0.2) is 6.61 Å². The number of aliphatic carboxylic acids is 1. The number of nitrogens with zero attached hydrogens (tertiary/aromatic N) is 2. The van der Waals surface area contributed by atoms with E-state index in [1.807, 2.05) is 4.90 Å². The van der Waals surface area contributed by atoms with Gasteiger partial charge in [-0.3, -0.25) is 9.69 Å². The number of rotatable bonds is 8. The maximum absolute atomic E-state index is 13.7. The van der Waals surface area contributed by atoms with Crippen molar-refractivity contribution in [3.63, 3.8) is 0 Å². The van der Waals surface area contributed by atoms with E-state index >= 15 is 0 Å². The SMILES string of the molecule is C=CC(=C)C(=O)N1CCN(Cc2cc(C(C)(F)F)ccc2OCC(=O)O)CC1. The molecular weight excluding hydrogens is 370 g/mol. The zero-order chi connectivity index (χ0) is 20.9. The first-order valence-electron chi connectivity index (χ1n) is 8.80. The molecule has 0 aromatic heterocycles. The topological polar surface area (TPSA) is 70.1 Å². The summed E-state index contributed by atoms with van der Waals surface area (Å²) in [5, 5.41) is 8.81. The van der Waals surface area contributed by atoms with Gasteiger partial charge < -0.3 is 14.7 Å². The van der Waals surface area contributed by atoms with Gasteiger partial charge in [-0.05, 0) is 18.2 Å². The summed E-state index contributed by atoms with van der Waals surface area (Å²) in [4.78, 5) is 26.6. The van der Waals surface area contributed by atoms with Gasteiger partial charge in [0.2, 0.25) is 0 Å². The lowest BCUT2D eigenvalue weighted by Crippen LogP contribution is -2.48. The van der Waals surface area contributed by atoms with Gasteiger partial charge in [-0.15, -0.1) is 0 Å². The van der Waals surface area contributed by atoms with E-state index in [4.69, 9.17) is 9.84 Å². The van der Waals surface area contributed by atoms with Crippen LogP contribution in [0, 0.1) is 0 Å². The first-order chi connectivity index (χ1) is 13.1. The van der Waals surface area contributed by atoms with E-state index in [2.05, 4.69) is 13.2 Å². The van der Waals surface area contributed by atoms with Crippen molar-refractivity contribution in [1.82, 2.24) is 9.80 Å². The Morgan fingerprint density at radius 1 is 1.29 bits per heavy atom. The third-order valence-corrected chi connectivity index (χ3v) is 4.49. The summed E-state index contributed by atoms with van der Waals surface area (Å²) in [6.07, 6.45) is 1.41. The van der Waals surface area contributed by atoms with Gasteiger partial charge in [-0.1, -0.05) is 19.2 Å². The molecule has 0 unspecified atom stereocenters. The molecule has 2 rings (SSSR count). The molecule has 6 nitrogen and oxygen atoms in total. The highest BCUT2D eigenvalue weighted by Gasteiger charge is 2.27. The van der Waals surface area contributed by atoms with Gasteiger partial charge in [0.25, 0.3) is 11.8 Å². The maximum atomic E-state index is 13.7. The quantitative estimate of drug-likeness (QED) is 0.542. The number of hydrogen-bond donors (Lipinski definition) is 1. The molecule has 1 aliphatic heterocycles. The lowest BCUT2D eigenvalue weighted by atomic mass is 10.0. The molecule has 1 aromatic carbocycles. The summed E-state index contributed by atoms with van der Waals surface area (Å²) in [6, 6.07) is 3.95. The third kappa shape index (κ3) is 5.63. The fourth-order valence-corrected chi connectivity index (χ4v) is 2.90. The van der Waals surface area contributed by atoms with Gasteiger partial charge in [-0.2, -0.15) is 0 Å². The minimum Gasteiger partial charge on any atom is -0.482 e. The Kier molecular flexibility index (Phi) is 6.90. The normalized spacial score (nSPS) is 15.2. The second kappa shape index (κ2) is 8.97. The number of halogens is 2. The van der Waals surface area contributed by atoms with Crippen LogP contribution < -0.4 is 4.74 Å². The van der Waals surface area contributed by atoms with Crippen LogP contribution in [0.25, 0.3) is 0 Å². The first-order valence-corrected chi connectivity index (χ1v) is 8.80. The monoisotopic (exact) mass is 394 g/mol. The van der Waals surface area contributed by atoms with Gasteiger partial charge in [0.1, 0.15) is 5.75 Å². The van der Waals surface area contributed by atoms with Crippen molar-refractivity contribution in [3.8, 4) is 5.75 Å². The van der Waals surface area contributed by atoms with Crippen LogP contribution in [-0.2, 0) is 22.1 Å². The van der Waals surface area contributed by atoms with Crippen molar-refractivity contribution < 1.29 is 28.2 Å². The minimum absolute atomic E-state index is 0.165. The Hall–Kier alpha value is -2.74. The highest BCUT2D eigenvalue weighted by molar-refractivity contribution is 5.95. The number of alkyl halides is 2. The van der Waals surface area contributed by atoms with Crippen molar-refractivity contribution in [2.24, 2.45) is 0 Å². The Morgan fingerprint density at radius 3 is 2.46 bits per heavy atom. The van der Waals surface area contributed by atoms with Crippen LogP contribution in [-0.4, -0.2) is 59.6 Å². The van der Waals surface area contributed by atoms with E-state index in [0.29, 0.717) is 43.9 Å². The third-order valence-electron chi connectivity index (χ3n) is 4.49. The molecule has 0 atom stereocenters. The predicted molar refractivity (Wildman–Crippen MR) is 100 cm³/mol. The first kappa shape index (κ1) is 21.6. The molecule has 8 heteroatoms. The molecule has 1 saturated heterocycles. The molecule has 1 N–H and O–H groups in total. The van der Waals surface area contributed by atoms with E-state index in [0.717, 1.165) is 6.92 Å². The number of carboxylic acid groups (broad SMARTS) is 1. The summed E-state index contributed by atoms with van der Waals surface area (Å²) >= 11 is 0. The number of carbonyl (C=O) groups is 2. The molecule has 0 radical (unpaired) electrons. The summed E-state index contributed by atoms with van der Waals surface area (Å²) in [5.74, 6) is -4.08. The fraction of sp³-hybridized carbons (Fsp3) is 0.400. The molecule has 152 valence electrons. The number of carboxylic acids is 1. The number of hydrogen-bond acceptors (Lipinski definition) is 4. The summed E-state index contributed by atoms with van der Waals surface area (Å²) in [5.41, 5.74) is 0.646. The highest BCUT2D eigenvalue weighted by atomic mass is 19.3. The van der Waals surface area contributed by atoms with Gasteiger partial charge in [0.05, 0.1) is 0 Å². The molecule has 28 heavy (non-hydrogen) atoms. The largest absolute Gasteiger partial charge is 0.482 e. The predicted octanol–water partition coefficient (Wildman–Crippen LogP) is 2.65. The minimum atomic E-state index is -3.02.